The van der Waals surface area contributed by atoms with Crippen LogP contribution in [0, 0.1) is 5.92 Å². The third-order valence-electron chi connectivity index (χ3n) is 4.00. The average molecular weight is 465 g/mol. The summed E-state index contributed by atoms with van der Waals surface area (Å²) in [6, 6.07) is 0. The molecule has 0 radical (unpaired) electrons. The second-order valence-electron chi connectivity index (χ2n) is 6.12. The minimum Gasteiger partial charge on any atom is -0.388 e. The Labute approximate surface area is 154 Å². The van der Waals surface area contributed by atoms with E-state index in [1.165, 1.54) is 7.11 Å². The Kier molecular flexibility index (Phi) is 5.18. The molecule has 2 aliphatic heterocycles. The quantitative estimate of drug-likeness (QED) is 0.447. The molecule has 0 spiro atoms. The van der Waals surface area contributed by atoms with Gasteiger partial charge in [0.05, 0.1) is 6.10 Å². The van der Waals surface area contributed by atoms with Crippen molar-refractivity contribution in [3.05, 3.63) is 10.4 Å². The van der Waals surface area contributed by atoms with Crippen LogP contribution in [0.5, 0.6) is 0 Å². The first-order valence-electron chi connectivity index (χ1n) is 7.79. The number of aliphatic hydroxyl groups excluding tert-OH is 1. The summed E-state index contributed by atoms with van der Waals surface area (Å²) >= 11 is -0.955. The number of aliphatic hydroxyl groups is 1. The summed E-state index contributed by atoms with van der Waals surface area (Å²) < 4.78 is 17.2. The molecule has 0 aliphatic carbocycles. The van der Waals surface area contributed by atoms with Crippen molar-refractivity contribution in [2.45, 2.75) is 45.3 Å². The van der Waals surface area contributed by atoms with Crippen LogP contribution in [0.2, 0.25) is 0 Å². The lowest BCUT2D eigenvalue weighted by molar-refractivity contribution is -0.118. The van der Waals surface area contributed by atoms with Gasteiger partial charge in [-0.05, 0) is 6.92 Å². The number of anilines is 2. The third-order valence-corrected chi connectivity index (χ3v) is 6.17. The second-order valence-corrected chi connectivity index (χ2v) is 8.08. The zero-order valence-electron chi connectivity index (χ0n) is 14.2. The van der Waals surface area contributed by atoms with Crippen LogP contribution in [0.1, 0.15) is 20.8 Å². The molecule has 1 saturated heterocycles. The summed E-state index contributed by atoms with van der Waals surface area (Å²) in [5, 5.41) is 12.8. The highest BCUT2D eigenvalue weighted by atomic mass is 127. The minimum absolute atomic E-state index is 0.0640. The number of hydrogen-bond acceptors (Lipinski definition) is 8. The first-order valence-corrected chi connectivity index (χ1v) is 9.72. The third kappa shape index (κ3) is 3.32. The topological polar surface area (TPSA) is 129 Å². The van der Waals surface area contributed by atoms with E-state index in [2.05, 4.69) is 18.4 Å². The Bertz CT molecular complexity index is 766. The van der Waals surface area contributed by atoms with Crippen LogP contribution in [0.25, 0.3) is 0 Å². The Balaban J connectivity index is 1.93. The van der Waals surface area contributed by atoms with E-state index in [0.717, 1.165) is 0 Å². The molecule has 2 unspecified atom stereocenters. The van der Waals surface area contributed by atoms with Gasteiger partial charge in [-0.25, -0.2) is 0 Å². The van der Waals surface area contributed by atoms with Crippen molar-refractivity contribution in [1.82, 2.24) is 9.97 Å². The summed E-state index contributed by atoms with van der Waals surface area (Å²) in [7, 11) is 1.49. The Hall–Kier alpha value is -1.44. The van der Waals surface area contributed by atoms with Gasteiger partial charge in [0.25, 0.3) is 5.56 Å². The van der Waals surface area contributed by atoms with E-state index >= 15 is 0 Å². The molecule has 0 saturated carbocycles. The zero-order chi connectivity index (χ0) is 18.3. The van der Waals surface area contributed by atoms with E-state index in [1.54, 1.807) is 23.9 Å². The molecule has 3 heterocycles. The standard InChI is InChI=1S/C14H20IN5O5/c1-5(2)11(22)17-14-16-10-7(12(23)18-14)19-15-20(10)13-9(24-4)8(21)6(3)25-13/h5-6,8-9,13,21H,1-4H3,(H2,16,17,18,22,23)/t6-,8?,9?,13-/m1/s1. The van der Waals surface area contributed by atoms with Crippen LogP contribution >= 0.6 is 21.3 Å². The molecule has 0 aromatic carbocycles. The number of fused-ring (bicyclic) bond motifs is 1. The number of aromatic amines is 1. The van der Waals surface area contributed by atoms with Crippen LogP contribution in [0.4, 0.5) is 17.5 Å². The van der Waals surface area contributed by atoms with Gasteiger partial charge in [-0.2, -0.15) is 8.13 Å². The van der Waals surface area contributed by atoms with Gasteiger partial charge in [0.15, 0.2) is 17.7 Å². The Morgan fingerprint density at radius 2 is 2.24 bits per heavy atom. The van der Waals surface area contributed by atoms with Gasteiger partial charge >= 0.3 is 0 Å². The molecular weight excluding hydrogens is 445 g/mol. The smallest absolute Gasteiger partial charge is 0.280 e. The predicted octanol–water partition coefficient (Wildman–Crippen LogP) is 1.01. The number of ether oxygens (including phenoxy) is 2. The molecule has 11 heteroatoms. The minimum atomic E-state index is -0.955. The van der Waals surface area contributed by atoms with E-state index in [1.807, 2.05) is 0 Å². The summed E-state index contributed by atoms with van der Waals surface area (Å²) in [4.78, 5) is 31.0. The lowest BCUT2D eigenvalue weighted by Crippen LogP contribution is -2.41. The number of methoxy groups -OCH3 is 1. The van der Waals surface area contributed by atoms with E-state index in [9.17, 15) is 14.7 Å². The van der Waals surface area contributed by atoms with Crippen molar-refractivity contribution in [3.8, 4) is 0 Å². The number of halogens is 1. The van der Waals surface area contributed by atoms with Crippen LogP contribution in [0.15, 0.2) is 7.94 Å². The van der Waals surface area contributed by atoms with Crippen molar-refractivity contribution in [1.29, 1.82) is 0 Å². The number of carbonyl (C=O) groups is 1. The molecule has 1 fully saturated rings. The van der Waals surface area contributed by atoms with Gasteiger partial charge in [0, 0.05) is 13.0 Å². The van der Waals surface area contributed by atoms with Gasteiger partial charge in [0.2, 0.25) is 11.9 Å². The van der Waals surface area contributed by atoms with Gasteiger partial charge in [-0.1, -0.05) is 13.8 Å². The molecule has 1 aromatic rings. The molecule has 1 aromatic heterocycles. The molecule has 138 valence electrons. The fourth-order valence-corrected chi connectivity index (χ4v) is 4.65. The molecule has 0 bridgehead atoms. The first kappa shape index (κ1) is 18.4. The maximum Gasteiger partial charge on any atom is 0.280 e. The number of nitrogens with zero attached hydrogens (tertiary/aromatic N) is 3. The Morgan fingerprint density at radius 3 is 2.88 bits per heavy atom. The lowest BCUT2D eigenvalue weighted by Gasteiger charge is -2.26. The molecule has 1 amide bonds. The summed E-state index contributed by atoms with van der Waals surface area (Å²) in [6.07, 6.45) is -2.36. The number of carbonyl (C=O) groups excluding carboxylic acids is 1. The Morgan fingerprint density at radius 1 is 1.52 bits per heavy atom. The average Bonchev–Trinajstić information content (AvgIpc) is 3.09. The predicted molar refractivity (Wildman–Crippen MR) is 98.1 cm³/mol. The van der Waals surface area contributed by atoms with Crippen LogP contribution < -0.4 is 14.0 Å². The lowest BCUT2D eigenvalue weighted by atomic mass is 10.1. The number of H-pyrrole nitrogens is 1. The number of amides is 1. The fraction of sp³-hybridized carbons (Fsp3) is 0.643. The fourth-order valence-electron chi connectivity index (χ4n) is 2.53. The van der Waals surface area contributed by atoms with Crippen molar-refractivity contribution in [2.24, 2.45) is 9.06 Å². The SMILES string of the molecule is COC1C(O)[C@@H](C)O[C@H]1N1I=Nc2c1nc(NC(=O)C(C)C)[nH]c2=O. The summed E-state index contributed by atoms with van der Waals surface area (Å²) in [5.74, 6) is -0.105. The van der Waals surface area contributed by atoms with Crippen molar-refractivity contribution >= 4 is 44.7 Å². The molecule has 3 N–H and O–H groups in total. The van der Waals surface area contributed by atoms with Crippen molar-refractivity contribution in [3.63, 3.8) is 0 Å². The number of aromatic nitrogens is 2. The van der Waals surface area contributed by atoms with Gasteiger partial charge in [0.1, 0.15) is 33.5 Å². The van der Waals surface area contributed by atoms with Crippen molar-refractivity contribution in [2.75, 3.05) is 15.5 Å². The number of hydrogen-bond donors (Lipinski definition) is 3. The van der Waals surface area contributed by atoms with E-state index in [4.69, 9.17) is 9.47 Å². The van der Waals surface area contributed by atoms with Crippen LogP contribution in [-0.4, -0.2) is 52.6 Å². The van der Waals surface area contributed by atoms with Crippen LogP contribution in [-0.2, 0) is 14.3 Å². The van der Waals surface area contributed by atoms with Crippen LogP contribution in [0.3, 0.4) is 0 Å². The van der Waals surface area contributed by atoms with Gasteiger partial charge in [-0.15, -0.1) is 0 Å². The number of nitrogens with one attached hydrogen (secondary N) is 2. The highest BCUT2D eigenvalue weighted by Gasteiger charge is 2.47. The first-order chi connectivity index (χ1) is 11.8. The molecule has 3 rings (SSSR count). The van der Waals surface area contributed by atoms with Gasteiger partial charge in [-0.3, -0.25) is 23.0 Å². The molecule has 4 atom stereocenters. The zero-order valence-corrected chi connectivity index (χ0v) is 16.3. The monoisotopic (exact) mass is 465 g/mol. The van der Waals surface area contributed by atoms with Crippen molar-refractivity contribution < 1.29 is 19.4 Å². The maximum atomic E-state index is 12.3. The number of rotatable bonds is 4. The highest BCUT2D eigenvalue weighted by molar-refractivity contribution is 14.2. The summed E-state index contributed by atoms with van der Waals surface area (Å²) in [6.45, 7) is 5.24. The molecule has 25 heavy (non-hydrogen) atoms. The molecule has 2 aliphatic rings. The summed E-state index contributed by atoms with van der Waals surface area (Å²) in [5.41, 5.74) is -0.213. The van der Waals surface area contributed by atoms with Gasteiger partial charge < -0.3 is 14.6 Å². The molecule has 10 nitrogen and oxygen atoms in total. The van der Waals surface area contributed by atoms with E-state index in [-0.39, 0.29) is 23.5 Å². The van der Waals surface area contributed by atoms with E-state index in [0.29, 0.717) is 5.82 Å². The molecular formula is C14H20IN5O5. The maximum absolute atomic E-state index is 12.3. The largest absolute Gasteiger partial charge is 0.388 e. The normalized spacial score (nSPS) is 28.2. The highest BCUT2D eigenvalue weighted by Crippen LogP contribution is 2.43. The van der Waals surface area contributed by atoms with E-state index < -0.39 is 51.4 Å². The second kappa shape index (κ2) is 7.05.